The Hall–Kier alpha value is -3.04. The largest absolute Gasteiger partial charge is 0.346 e. The first-order valence-electron chi connectivity index (χ1n) is 9.15. The standard InChI is InChI=1S/C21H18FN5OS2/c1-27-17(15-5-3-2-4-6-15)12-24-21(27)29-13-18-25-26-20(30-18)19(28)23-11-14-7-9-16(22)10-8-14/h2-10,12H,11,13H2,1H3,(H,23,28). The van der Waals surface area contributed by atoms with E-state index in [1.54, 1.807) is 23.9 Å². The maximum atomic E-state index is 12.9. The predicted octanol–water partition coefficient (Wildman–Crippen LogP) is 4.30. The minimum absolute atomic E-state index is 0.295. The molecule has 4 aromatic rings. The first-order valence-corrected chi connectivity index (χ1v) is 11.0. The highest BCUT2D eigenvalue weighted by atomic mass is 32.2. The molecule has 152 valence electrons. The Morgan fingerprint density at radius 2 is 1.90 bits per heavy atom. The Morgan fingerprint density at radius 3 is 2.67 bits per heavy atom. The van der Waals surface area contributed by atoms with Gasteiger partial charge in [-0.15, -0.1) is 10.2 Å². The lowest BCUT2D eigenvalue weighted by Crippen LogP contribution is -2.22. The number of carbonyl (C=O) groups is 1. The molecule has 9 heteroatoms. The Bertz CT molecular complexity index is 1140. The van der Waals surface area contributed by atoms with Crippen molar-refractivity contribution in [3.8, 4) is 11.3 Å². The number of thioether (sulfide) groups is 1. The molecule has 6 nitrogen and oxygen atoms in total. The van der Waals surface area contributed by atoms with Gasteiger partial charge in [0.1, 0.15) is 10.8 Å². The third-order valence-corrected chi connectivity index (χ3v) is 6.53. The molecule has 0 unspecified atom stereocenters. The van der Waals surface area contributed by atoms with E-state index in [4.69, 9.17) is 0 Å². The van der Waals surface area contributed by atoms with Gasteiger partial charge in [0.05, 0.1) is 17.6 Å². The minimum atomic E-state index is -0.306. The van der Waals surface area contributed by atoms with Crippen LogP contribution >= 0.6 is 23.1 Å². The van der Waals surface area contributed by atoms with Gasteiger partial charge in [0.2, 0.25) is 5.01 Å². The smallest absolute Gasteiger partial charge is 0.282 e. The number of benzene rings is 2. The van der Waals surface area contributed by atoms with Gasteiger partial charge in [-0.2, -0.15) is 0 Å². The van der Waals surface area contributed by atoms with Crippen LogP contribution in [0, 0.1) is 5.82 Å². The molecule has 0 spiro atoms. The average Bonchev–Trinajstić information content (AvgIpc) is 3.39. The topological polar surface area (TPSA) is 72.7 Å². The molecule has 2 aromatic heterocycles. The van der Waals surface area contributed by atoms with Crippen molar-refractivity contribution in [2.75, 3.05) is 0 Å². The van der Waals surface area contributed by atoms with E-state index in [2.05, 4.69) is 20.5 Å². The number of aromatic nitrogens is 4. The molecule has 0 saturated heterocycles. The molecule has 0 fully saturated rings. The van der Waals surface area contributed by atoms with Gasteiger partial charge in [0.15, 0.2) is 5.16 Å². The summed E-state index contributed by atoms with van der Waals surface area (Å²) in [6.07, 6.45) is 1.85. The van der Waals surface area contributed by atoms with Crippen LogP contribution in [-0.4, -0.2) is 25.7 Å². The van der Waals surface area contributed by atoms with Crippen molar-refractivity contribution in [3.05, 3.63) is 82.2 Å². The van der Waals surface area contributed by atoms with Crippen LogP contribution in [0.1, 0.15) is 20.4 Å². The van der Waals surface area contributed by atoms with E-state index in [1.165, 1.54) is 23.5 Å². The highest BCUT2D eigenvalue weighted by molar-refractivity contribution is 7.98. The second kappa shape index (κ2) is 9.19. The third kappa shape index (κ3) is 4.74. The molecule has 30 heavy (non-hydrogen) atoms. The lowest BCUT2D eigenvalue weighted by Gasteiger charge is -2.05. The van der Waals surface area contributed by atoms with Crippen molar-refractivity contribution in [1.82, 2.24) is 25.1 Å². The normalized spacial score (nSPS) is 10.9. The molecule has 0 atom stereocenters. The molecular formula is C21H18FN5OS2. The quantitative estimate of drug-likeness (QED) is 0.435. The number of nitrogens with one attached hydrogen (secondary N) is 1. The van der Waals surface area contributed by atoms with Crippen LogP contribution in [-0.2, 0) is 19.3 Å². The van der Waals surface area contributed by atoms with Gasteiger partial charge >= 0.3 is 0 Å². The van der Waals surface area contributed by atoms with Gasteiger partial charge in [0.25, 0.3) is 5.91 Å². The van der Waals surface area contributed by atoms with Crippen molar-refractivity contribution in [2.24, 2.45) is 7.05 Å². The SMILES string of the molecule is Cn1c(-c2ccccc2)cnc1SCc1nnc(C(=O)NCc2ccc(F)cc2)s1. The van der Waals surface area contributed by atoms with Crippen LogP contribution in [0.4, 0.5) is 4.39 Å². The number of hydrogen-bond donors (Lipinski definition) is 1. The van der Waals surface area contributed by atoms with E-state index in [-0.39, 0.29) is 11.7 Å². The number of rotatable bonds is 7. The monoisotopic (exact) mass is 439 g/mol. The van der Waals surface area contributed by atoms with Gasteiger partial charge in [0, 0.05) is 13.6 Å². The van der Waals surface area contributed by atoms with E-state index in [0.717, 1.165) is 27.0 Å². The average molecular weight is 440 g/mol. The molecule has 4 rings (SSSR count). The lowest BCUT2D eigenvalue weighted by atomic mass is 10.2. The molecule has 1 N–H and O–H groups in total. The molecule has 0 bridgehead atoms. The first-order chi connectivity index (χ1) is 14.6. The van der Waals surface area contributed by atoms with Crippen molar-refractivity contribution < 1.29 is 9.18 Å². The van der Waals surface area contributed by atoms with E-state index in [0.29, 0.717) is 17.3 Å². The lowest BCUT2D eigenvalue weighted by molar-refractivity contribution is 0.0950. The van der Waals surface area contributed by atoms with Crippen LogP contribution in [0.15, 0.2) is 66.0 Å². The van der Waals surface area contributed by atoms with E-state index in [9.17, 15) is 9.18 Å². The fourth-order valence-corrected chi connectivity index (χ4v) is 4.49. The van der Waals surface area contributed by atoms with Gasteiger partial charge < -0.3 is 9.88 Å². The number of imidazole rings is 1. The maximum absolute atomic E-state index is 12.9. The van der Waals surface area contributed by atoms with Crippen molar-refractivity contribution in [3.63, 3.8) is 0 Å². The molecule has 2 aromatic carbocycles. The molecule has 0 aliphatic rings. The highest BCUT2D eigenvalue weighted by Gasteiger charge is 2.14. The minimum Gasteiger partial charge on any atom is -0.346 e. The fraction of sp³-hybridized carbons (Fsp3) is 0.143. The summed E-state index contributed by atoms with van der Waals surface area (Å²) in [5.41, 5.74) is 2.96. The molecule has 1 amide bonds. The summed E-state index contributed by atoms with van der Waals surface area (Å²) in [5.74, 6) is -0.0292. The van der Waals surface area contributed by atoms with Gasteiger partial charge in [-0.25, -0.2) is 9.37 Å². The van der Waals surface area contributed by atoms with Crippen molar-refractivity contribution in [2.45, 2.75) is 17.5 Å². The Kier molecular flexibility index (Phi) is 6.20. The fourth-order valence-electron chi connectivity index (χ4n) is 2.79. The van der Waals surface area contributed by atoms with Crippen LogP contribution < -0.4 is 5.32 Å². The van der Waals surface area contributed by atoms with E-state index < -0.39 is 0 Å². The van der Waals surface area contributed by atoms with Gasteiger partial charge in [-0.05, 0) is 23.3 Å². The highest BCUT2D eigenvalue weighted by Crippen LogP contribution is 2.27. The maximum Gasteiger partial charge on any atom is 0.282 e. The summed E-state index contributed by atoms with van der Waals surface area (Å²) in [6.45, 7) is 0.304. The molecular weight excluding hydrogens is 421 g/mol. The Balaban J connectivity index is 1.34. The number of halogens is 1. The molecule has 0 aliphatic carbocycles. The van der Waals surface area contributed by atoms with Crippen LogP contribution in [0.25, 0.3) is 11.3 Å². The summed E-state index contributed by atoms with van der Waals surface area (Å²) < 4.78 is 15.0. The summed E-state index contributed by atoms with van der Waals surface area (Å²) in [4.78, 5) is 16.8. The zero-order valence-corrected chi connectivity index (χ0v) is 17.7. The van der Waals surface area contributed by atoms with Crippen LogP contribution in [0.3, 0.4) is 0 Å². The third-order valence-electron chi connectivity index (χ3n) is 4.37. The summed E-state index contributed by atoms with van der Waals surface area (Å²) in [7, 11) is 1.98. The summed E-state index contributed by atoms with van der Waals surface area (Å²) in [6, 6.07) is 16.1. The second-order valence-electron chi connectivity index (χ2n) is 6.45. The molecule has 2 heterocycles. The second-order valence-corrected chi connectivity index (χ2v) is 8.45. The van der Waals surface area contributed by atoms with E-state index >= 15 is 0 Å². The van der Waals surface area contributed by atoms with Crippen LogP contribution in [0.2, 0.25) is 0 Å². The molecule has 0 saturated carbocycles. The zero-order valence-electron chi connectivity index (χ0n) is 16.1. The number of amides is 1. The Morgan fingerprint density at radius 1 is 1.13 bits per heavy atom. The predicted molar refractivity (Wildman–Crippen MR) is 116 cm³/mol. The van der Waals surface area contributed by atoms with Gasteiger partial charge in [-0.3, -0.25) is 4.79 Å². The Labute approximate surface area is 181 Å². The van der Waals surface area contributed by atoms with Crippen LogP contribution in [0.5, 0.6) is 0 Å². The van der Waals surface area contributed by atoms with E-state index in [1.807, 2.05) is 48.1 Å². The van der Waals surface area contributed by atoms with Crippen molar-refractivity contribution in [1.29, 1.82) is 0 Å². The number of hydrogen-bond acceptors (Lipinski definition) is 6. The summed E-state index contributed by atoms with van der Waals surface area (Å²) >= 11 is 2.80. The van der Waals surface area contributed by atoms with Gasteiger partial charge in [-0.1, -0.05) is 65.6 Å². The molecule has 0 radical (unpaired) electrons. The van der Waals surface area contributed by atoms with Crippen molar-refractivity contribution >= 4 is 29.0 Å². The summed E-state index contributed by atoms with van der Waals surface area (Å²) in [5, 5.41) is 12.8. The number of carbonyl (C=O) groups excluding carboxylic acids is 1. The number of nitrogens with zero attached hydrogens (tertiary/aromatic N) is 4. The first kappa shape index (κ1) is 20.2. The zero-order chi connectivity index (χ0) is 20.9. The molecule has 0 aliphatic heterocycles.